The molecule has 6 nitrogen and oxygen atoms in total. The van der Waals surface area contributed by atoms with Crippen LogP contribution in [0.5, 0.6) is 0 Å². The first-order valence-corrected chi connectivity index (χ1v) is 5.71. The average molecular weight is 306 g/mol. The standard InChI is InChI=1S/C11H8BrN5O/c12-7-3-6(5-13)1-2-8(7)15-11(18)9-4-10(14)17-16-9/h1-4H,(H,15,18)(H3,14,16,17). The summed E-state index contributed by atoms with van der Waals surface area (Å²) in [5, 5.41) is 17.6. The van der Waals surface area contributed by atoms with Gasteiger partial charge in [0, 0.05) is 10.5 Å². The highest BCUT2D eigenvalue weighted by molar-refractivity contribution is 9.10. The van der Waals surface area contributed by atoms with Crippen LogP contribution in [-0.4, -0.2) is 16.1 Å². The van der Waals surface area contributed by atoms with Crippen LogP contribution in [0, 0.1) is 11.3 Å². The van der Waals surface area contributed by atoms with Gasteiger partial charge in [0.2, 0.25) is 0 Å². The largest absolute Gasteiger partial charge is 0.382 e. The van der Waals surface area contributed by atoms with Gasteiger partial charge in [-0.25, -0.2) is 0 Å². The molecule has 0 spiro atoms. The molecule has 1 heterocycles. The van der Waals surface area contributed by atoms with Crippen molar-refractivity contribution in [2.45, 2.75) is 0 Å². The summed E-state index contributed by atoms with van der Waals surface area (Å²) in [7, 11) is 0. The number of hydrogen-bond donors (Lipinski definition) is 3. The van der Waals surface area contributed by atoms with E-state index in [9.17, 15) is 4.79 Å². The summed E-state index contributed by atoms with van der Waals surface area (Å²) in [6.45, 7) is 0. The topological polar surface area (TPSA) is 108 Å². The molecule has 0 aliphatic heterocycles. The van der Waals surface area contributed by atoms with Crippen molar-refractivity contribution in [3.8, 4) is 6.07 Å². The first-order valence-electron chi connectivity index (χ1n) is 4.92. The van der Waals surface area contributed by atoms with E-state index >= 15 is 0 Å². The predicted octanol–water partition coefficient (Wildman–Crippen LogP) is 1.88. The third-order valence-electron chi connectivity index (χ3n) is 2.19. The van der Waals surface area contributed by atoms with Crippen molar-refractivity contribution in [1.82, 2.24) is 10.2 Å². The van der Waals surface area contributed by atoms with Crippen molar-refractivity contribution in [1.29, 1.82) is 5.26 Å². The average Bonchev–Trinajstić information content (AvgIpc) is 2.78. The van der Waals surface area contributed by atoms with E-state index in [4.69, 9.17) is 11.0 Å². The van der Waals surface area contributed by atoms with Crippen LogP contribution in [0.1, 0.15) is 16.1 Å². The van der Waals surface area contributed by atoms with Gasteiger partial charge in [-0.1, -0.05) is 0 Å². The van der Waals surface area contributed by atoms with Gasteiger partial charge < -0.3 is 11.1 Å². The van der Waals surface area contributed by atoms with Crippen LogP contribution in [0.15, 0.2) is 28.7 Å². The molecule has 0 saturated carbocycles. The van der Waals surface area contributed by atoms with Crippen molar-refractivity contribution in [3.63, 3.8) is 0 Å². The van der Waals surface area contributed by atoms with E-state index < -0.39 is 0 Å². The van der Waals surface area contributed by atoms with E-state index in [1.807, 2.05) is 6.07 Å². The summed E-state index contributed by atoms with van der Waals surface area (Å²) in [5.74, 6) is -0.108. The molecule has 4 N–H and O–H groups in total. The fourth-order valence-corrected chi connectivity index (χ4v) is 1.81. The fraction of sp³-hybridized carbons (Fsp3) is 0. The number of nitrogens with zero attached hydrogens (tertiary/aromatic N) is 2. The van der Waals surface area contributed by atoms with Gasteiger partial charge in [0.25, 0.3) is 5.91 Å². The number of nitrogens with two attached hydrogens (primary N) is 1. The summed E-state index contributed by atoms with van der Waals surface area (Å²) >= 11 is 3.28. The van der Waals surface area contributed by atoms with Gasteiger partial charge in [-0.05, 0) is 34.1 Å². The second kappa shape index (κ2) is 4.89. The molecule has 1 amide bonds. The number of hydrogen-bond acceptors (Lipinski definition) is 4. The molecule has 90 valence electrons. The van der Waals surface area contributed by atoms with Crippen LogP contribution in [0.4, 0.5) is 11.5 Å². The lowest BCUT2D eigenvalue weighted by Crippen LogP contribution is -2.12. The molecule has 0 aliphatic rings. The van der Waals surface area contributed by atoms with E-state index in [0.717, 1.165) is 0 Å². The highest BCUT2D eigenvalue weighted by Crippen LogP contribution is 2.23. The number of rotatable bonds is 2. The molecule has 0 saturated heterocycles. The minimum atomic E-state index is -0.357. The number of amides is 1. The summed E-state index contributed by atoms with van der Waals surface area (Å²) in [6, 6.07) is 8.32. The maximum Gasteiger partial charge on any atom is 0.273 e. The summed E-state index contributed by atoms with van der Waals surface area (Å²) in [4.78, 5) is 11.8. The van der Waals surface area contributed by atoms with Crippen LogP contribution in [-0.2, 0) is 0 Å². The van der Waals surface area contributed by atoms with Crippen molar-refractivity contribution >= 4 is 33.3 Å². The molecule has 7 heteroatoms. The zero-order valence-corrected chi connectivity index (χ0v) is 10.7. The van der Waals surface area contributed by atoms with E-state index in [-0.39, 0.29) is 17.4 Å². The number of aromatic nitrogens is 2. The van der Waals surface area contributed by atoms with Crippen LogP contribution >= 0.6 is 15.9 Å². The van der Waals surface area contributed by atoms with Gasteiger partial charge in [0.05, 0.1) is 17.3 Å². The van der Waals surface area contributed by atoms with E-state index in [0.29, 0.717) is 15.7 Å². The number of benzene rings is 1. The van der Waals surface area contributed by atoms with E-state index in [1.54, 1.807) is 18.2 Å². The number of aromatic amines is 1. The number of carbonyl (C=O) groups is 1. The summed E-state index contributed by atoms with van der Waals surface area (Å²) in [6.07, 6.45) is 0. The Morgan fingerprint density at radius 1 is 1.50 bits per heavy atom. The molecule has 0 aliphatic carbocycles. The van der Waals surface area contributed by atoms with Crippen molar-refractivity contribution in [2.75, 3.05) is 11.1 Å². The van der Waals surface area contributed by atoms with Crippen LogP contribution < -0.4 is 11.1 Å². The number of anilines is 2. The highest BCUT2D eigenvalue weighted by atomic mass is 79.9. The molecule has 0 radical (unpaired) electrons. The van der Waals surface area contributed by atoms with Gasteiger partial charge in [-0.3, -0.25) is 9.89 Å². The lowest BCUT2D eigenvalue weighted by molar-refractivity contribution is 0.102. The highest BCUT2D eigenvalue weighted by Gasteiger charge is 2.11. The van der Waals surface area contributed by atoms with Gasteiger partial charge in [0.1, 0.15) is 11.5 Å². The number of nitrogen functional groups attached to an aromatic ring is 1. The molecule has 0 atom stereocenters. The van der Waals surface area contributed by atoms with Gasteiger partial charge in [-0.15, -0.1) is 0 Å². The molecule has 0 unspecified atom stereocenters. The van der Waals surface area contributed by atoms with Gasteiger partial charge in [0.15, 0.2) is 0 Å². The van der Waals surface area contributed by atoms with E-state index in [1.165, 1.54) is 6.07 Å². The smallest absolute Gasteiger partial charge is 0.273 e. The number of H-pyrrole nitrogens is 1. The van der Waals surface area contributed by atoms with Gasteiger partial charge >= 0.3 is 0 Å². The Kier molecular flexibility index (Phi) is 3.30. The first kappa shape index (κ1) is 12.1. The molecule has 2 aromatic rings. The number of carbonyl (C=O) groups excluding carboxylic acids is 1. The molecular weight excluding hydrogens is 298 g/mol. The lowest BCUT2D eigenvalue weighted by atomic mass is 10.2. The van der Waals surface area contributed by atoms with Crippen LogP contribution in [0.3, 0.4) is 0 Å². The molecule has 0 bridgehead atoms. The van der Waals surface area contributed by atoms with Crippen molar-refractivity contribution in [3.05, 3.63) is 40.0 Å². The third-order valence-corrected chi connectivity index (χ3v) is 2.84. The summed E-state index contributed by atoms with van der Waals surface area (Å²) in [5.41, 5.74) is 6.74. The van der Waals surface area contributed by atoms with Crippen LogP contribution in [0.2, 0.25) is 0 Å². The Labute approximate surface area is 111 Å². The molecular formula is C11H8BrN5O. The Morgan fingerprint density at radius 3 is 2.83 bits per heavy atom. The molecule has 2 rings (SSSR count). The number of nitrogens with one attached hydrogen (secondary N) is 2. The van der Waals surface area contributed by atoms with Crippen molar-refractivity contribution < 1.29 is 4.79 Å². The Bertz CT molecular complexity index is 643. The quantitative estimate of drug-likeness (QED) is 0.787. The monoisotopic (exact) mass is 305 g/mol. The van der Waals surface area contributed by atoms with Crippen LogP contribution in [0.25, 0.3) is 0 Å². The maximum absolute atomic E-state index is 11.8. The second-order valence-electron chi connectivity index (χ2n) is 3.47. The maximum atomic E-state index is 11.8. The first-order chi connectivity index (χ1) is 8.60. The Morgan fingerprint density at radius 2 is 2.28 bits per heavy atom. The predicted molar refractivity (Wildman–Crippen MR) is 69.8 cm³/mol. The minimum Gasteiger partial charge on any atom is -0.382 e. The second-order valence-corrected chi connectivity index (χ2v) is 4.32. The van der Waals surface area contributed by atoms with E-state index in [2.05, 4.69) is 31.4 Å². The number of halogens is 1. The molecule has 1 aromatic carbocycles. The summed E-state index contributed by atoms with van der Waals surface area (Å²) < 4.78 is 0.627. The van der Waals surface area contributed by atoms with Crippen molar-refractivity contribution in [2.24, 2.45) is 0 Å². The van der Waals surface area contributed by atoms with Gasteiger partial charge in [-0.2, -0.15) is 10.4 Å². The fourth-order valence-electron chi connectivity index (χ4n) is 1.33. The molecule has 1 aromatic heterocycles. The normalized spacial score (nSPS) is 9.78. The minimum absolute atomic E-state index is 0.249. The third kappa shape index (κ3) is 2.49. The zero-order chi connectivity index (χ0) is 13.1. The Balaban J connectivity index is 2.20. The number of nitriles is 1. The molecule has 0 fully saturated rings. The SMILES string of the molecule is N#Cc1ccc(NC(=O)c2cc(N)n[nH]2)c(Br)c1. The Hall–Kier alpha value is -2.33. The lowest BCUT2D eigenvalue weighted by Gasteiger charge is -2.05. The molecule has 18 heavy (non-hydrogen) atoms. The zero-order valence-electron chi connectivity index (χ0n) is 9.07.